The van der Waals surface area contributed by atoms with E-state index in [9.17, 15) is 18.9 Å². The molecular weight excluding hydrogens is 266 g/mol. The van der Waals surface area contributed by atoms with Gasteiger partial charge >= 0.3 is 0 Å². The molecule has 0 spiro atoms. The van der Waals surface area contributed by atoms with Gasteiger partial charge in [-0.25, -0.2) is 8.78 Å². The Morgan fingerprint density at radius 1 is 1.44 bits per heavy atom. The molecule has 0 aliphatic heterocycles. The average Bonchev–Trinajstić information content (AvgIpc) is 2.62. The highest BCUT2D eigenvalue weighted by molar-refractivity contribution is 7.71. The first kappa shape index (κ1) is 12.3. The van der Waals surface area contributed by atoms with Crippen molar-refractivity contribution < 1.29 is 13.7 Å². The van der Waals surface area contributed by atoms with Crippen LogP contribution in [0, 0.1) is 26.5 Å². The summed E-state index contributed by atoms with van der Waals surface area (Å²) in [5, 5.41) is 13.4. The van der Waals surface area contributed by atoms with Gasteiger partial charge in [0.2, 0.25) is 4.77 Å². The zero-order valence-electron chi connectivity index (χ0n) is 8.98. The summed E-state index contributed by atoms with van der Waals surface area (Å²) >= 11 is 4.82. The number of nitrogens with zero attached hydrogens (tertiary/aromatic N) is 3. The molecular formula is C9H6F2N4O2S. The first-order chi connectivity index (χ1) is 8.40. The minimum atomic E-state index is -1.29. The largest absolute Gasteiger partial charge is 0.283 e. The Kier molecular flexibility index (Phi) is 2.91. The number of aromatic amines is 1. The van der Waals surface area contributed by atoms with E-state index in [0.717, 1.165) is 0 Å². The first-order valence-electron chi connectivity index (χ1n) is 4.67. The Labute approximate surface area is 104 Å². The van der Waals surface area contributed by atoms with Crippen molar-refractivity contribution in [3.05, 3.63) is 38.7 Å². The van der Waals surface area contributed by atoms with Gasteiger partial charge in [-0.05, 0) is 18.3 Å². The van der Waals surface area contributed by atoms with E-state index >= 15 is 0 Å². The maximum Gasteiger partial charge on any atom is 0.283 e. The molecule has 1 aromatic heterocycles. The van der Waals surface area contributed by atoms with Crippen molar-refractivity contribution in [3.63, 3.8) is 0 Å². The summed E-state index contributed by atoms with van der Waals surface area (Å²) in [7, 11) is 1.55. The Balaban J connectivity index is 2.73. The van der Waals surface area contributed by atoms with Crippen molar-refractivity contribution in [3.8, 4) is 11.4 Å². The minimum absolute atomic E-state index is 0.00750. The van der Waals surface area contributed by atoms with Gasteiger partial charge in [-0.2, -0.15) is 4.98 Å². The van der Waals surface area contributed by atoms with E-state index in [1.165, 1.54) is 4.68 Å². The van der Waals surface area contributed by atoms with Crippen molar-refractivity contribution in [1.82, 2.24) is 14.8 Å². The number of aryl methyl sites for hydroxylation is 1. The zero-order valence-corrected chi connectivity index (χ0v) is 9.79. The van der Waals surface area contributed by atoms with Gasteiger partial charge < -0.3 is 0 Å². The number of hydrogen-bond acceptors (Lipinski definition) is 4. The lowest BCUT2D eigenvalue weighted by atomic mass is 10.1. The number of nitro groups is 1. The minimum Gasteiger partial charge on any atom is -0.279 e. The number of benzene rings is 1. The molecule has 0 atom stereocenters. The van der Waals surface area contributed by atoms with Crippen LogP contribution in [-0.2, 0) is 7.05 Å². The second-order valence-electron chi connectivity index (χ2n) is 3.45. The smallest absolute Gasteiger partial charge is 0.279 e. The molecule has 0 radical (unpaired) electrons. The molecule has 0 fully saturated rings. The van der Waals surface area contributed by atoms with Crippen LogP contribution in [0.1, 0.15) is 0 Å². The standard InChI is InChI=1S/C9H6F2N4O2S/c1-14-9(18)12-8(13-14)4-2-5(10)6(11)3-7(4)15(16)17/h2-3H,1H3,(H,12,13,18). The maximum atomic E-state index is 13.1. The summed E-state index contributed by atoms with van der Waals surface area (Å²) < 4.78 is 27.6. The van der Waals surface area contributed by atoms with Crippen molar-refractivity contribution >= 4 is 17.9 Å². The summed E-state index contributed by atoms with van der Waals surface area (Å²) in [5.74, 6) is -2.48. The van der Waals surface area contributed by atoms with Crippen LogP contribution in [0.4, 0.5) is 14.5 Å². The number of halogens is 2. The monoisotopic (exact) mass is 272 g/mol. The average molecular weight is 272 g/mol. The Morgan fingerprint density at radius 2 is 2.06 bits per heavy atom. The van der Waals surface area contributed by atoms with E-state index < -0.39 is 22.2 Å². The van der Waals surface area contributed by atoms with Gasteiger partial charge in [0, 0.05) is 7.05 Å². The predicted octanol–water partition coefficient (Wildman–Crippen LogP) is 2.33. The molecule has 1 heterocycles. The zero-order chi connectivity index (χ0) is 13.4. The molecule has 1 N–H and O–H groups in total. The molecule has 94 valence electrons. The summed E-state index contributed by atoms with van der Waals surface area (Å²) in [5.41, 5.74) is -0.746. The lowest BCUT2D eigenvalue weighted by Gasteiger charge is -2.00. The van der Waals surface area contributed by atoms with Crippen molar-refractivity contribution in [1.29, 1.82) is 0 Å². The van der Waals surface area contributed by atoms with Gasteiger partial charge in [0.25, 0.3) is 5.69 Å². The van der Waals surface area contributed by atoms with Crippen molar-refractivity contribution in [2.75, 3.05) is 0 Å². The van der Waals surface area contributed by atoms with Crippen LogP contribution < -0.4 is 0 Å². The van der Waals surface area contributed by atoms with Crippen LogP contribution in [0.3, 0.4) is 0 Å². The Bertz CT molecular complexity index is 694. The van der Waals surface area contributed by atoms with E-state index in [1.54, 1.807) is 7.05 Å². The van der Waals surface area contributed by atoms with Crippen LogP contribution in [0.25, 0.3) is 11.4 Å². The maximum absolute atomic E-state index is 13.1. The number of nitrogens with one attached hydrogen (secondary N) is 1. The normalized spacial score (nSPS) is 10.6. The fraction of sp³-hybridized carbons (Fsp3) is 0.111. The number of aromatic nitrogens is 3. The molecule has 0 unspecified atom stereocenters. The third kappa shape index (κ3) is 1.99. The lowest BCUT2D eigenvalue weighted by Crippen LogP contribution is -1.97. The molecule has 9 heteroatoms. The Morgan fingerprint density at radius 3 is 2.56 bits per heavy atom. The highest BCUT2D eigenvalue weighted by Crippen LogP contribution is 2.29. The molecule has 0 aliphatic rings. The number of rotatable bonds is 2. The van der Waals surface area contributed by atoms with Gasteiger partial charge in [0.05, 0.1) is 16.6 Å². The quantitative estimate of drug-likeness (QED) is 0.517. The second-order valence-corrected chi connectivity index (χ2v) is 3.82. The topological polar surface area (TPSA) is 76.8 Å². The van der Waals surface area contributed by atoms with Crippen LogP contribution >= 0.6 is 12.2 Å². The fourth-order valence-corrected chi connectivity index (χ4v) is 1.54. The molecule has 1 aromatic carbocycles. The number of H-pyrrole nitrogens is 1. The summed E-state index contributed by atoms with van der Waals surface area (Å²) in [4.78, 5) is 13.8. The third-order valence-electron chi connectivity index (χ3n) is 2.26. The second kappa shape index (κ2) is 4.26. The summed E-state index contributed by atoms with van der Waals surface area (Å²) in [6.07, 6.45) is 0. The number of nitro benzene ring substituents is 1. The van der Waals surface area contributed by atoms with E-state index in [0.29, 0.717) is 12.1 Å². The van der Waals surface area contributed by atoms with Gasteiger partial charge in [0.15, 0.2) is 17.5 Å². The molecule has 6 nitrogen and oxygen atoms in total. The van der Waals surface area contributed by atoms with E-state index in [-0.39, 0.29) is 16.2 Å². The van der Waals surface area contributed by atoms with Crippen molar-refractivity contribution in [2.45, 2.75) is 0 Å². The SMILES string of the molecule is Cn1[nH]c(-c2cc(F)c(F)cc2[N+](=O)[O-])nc1=S. The molecule has 0 bridgehead atoms. The van der Waals surface area contributed by atoms with E-state index in [1.807, 2.05) is 0 Å². The fourth-order valence-electron chi connectivity index (χ4n) is 1.40. The van der Waals surface area contributed by atoms with Gasteiger partial charge in [-0.15, -0.1) is 0 Å². The van der Waals surface area contributed by atoms with Gasteiger partial charge in [-0.1, -0.05) is 0 Å². The van der Waals surface area contributed by atoms with Crippen molar-refractivity contribution in [2.24, 2.45) is 7.05 Å². The molecule has 0 saturated carbocycles. The van der Waals surface area contributed by atoms with Gasteiger partial charge in [0.1, 0.15) is 0 Å². The molecule has 0 saturated heterocycles. The molecule has 0 aliphatic carbocycles. The first-order valence-corrected chi connectivity index (χ1v) is 5.08. The predicted molar refractivity (Wildman–Crippen MR) is 60.4 cm³/mol. The molecule has 18 heavy (non-hydrogen) atoms. The van der Waals surface area contributed by atoms with E-state index in [2.05, 4.69) is 10.1 Å². The molecule has 2 aromatic rings. The van der Waals surface area contributed by atoms with Crippen LogP contribution in [0.15, 0.2) is 12.1 Å². The van der Waals surface area contributed by atoms with Crippen LogP contribution in [0.2, 0.25) is 0 Å². The highest BCUT2D eigenvalue weighted by atomic mass is 32.1. The van der Waals surface area contributed by atoms with Crippen LogP contribution in [0.5, 0.6) is 0 Å². The van der Waals surface area contributed by atoms with E-state index in [4.69, 9.17) is 12.2 Å². The third-order valence-corrected chi connectivity index (χ3v) is 2.62. The number of hydrogen-bond donors (Lipinski definition) is 1. The molecule has 0 amide bonds. The van der Waals surface area contributed by atoms with Gasteiger partial charge in [-0.3, -0.25) is 19.9 Å². The lowest BCUT2D eigenvalue weighted by molar-refractivity contribution is -0.384. The summed E-state index contributed by atoms with van der Waals surface area (Å²) in [6, 6.07) is 1.22. The highest BCUT2D eigenvalue weighted by Gasteiger charge is 2.22. The Hall–Kier alpha value is -2.16. The molecule has 2 rings (SSSR count). The van der Waals surface area contributed by atoms with Crippen LogP contribution in [-0.4, -0.2) is 19.7 Å². The summed E-state index contributed by atoms with van der Waals surface area (Å²) in [6.45, 7) is 0.